The number of nitrogens with one attached hydrogen (secondary N) is 1. The van der Waals surface area contributed by atoms with E-state index in [2.05, 4.69) is 28.5 Å². The quantitative estimate of drug-likeness (QED) is 0.599. The Bertz CT molecular complexity index is 793. The molecule has 2 aromatic carbocycles. The Morgan fingerprint density at radius 2 is 1.76 bits per heavy atom. The molecule has 0 saturated carbocycles. The summed E-state index contributed by atoms with van der Waals surface area (Å²) in [4.78, 5) is 4.10. The van der Waals surface area contributed by atoms with Crippen LogP contribution in [0.5, 0.6) is 5.75 Å². The van der Waals surface area contributed by atoms with E-state index in [-0.39, 0.29) is 0 Å². The van der Waals surface area contributed by atoms with Crippen molar-refractivity contribution in [1.82, 2.24) is 10.3 Å². The van der Waals surface area contributed by atoms with Gasteiger partial charge in [-0.3, -0.25) is 4.98 Å². The van der Waals surface area contributed by atoms with Gasteiger partial charge in [-0.2, -0.15) is 0 Å². The SMILES string of the molecule is Clc1cccc(CCNCc2cccc(OCc3cccnc3)c2)c1. The summed E-state index contributed by atoms with van der Waals surface area (Å²) in [6.07, 6.45) is 4.54. The third-order valence-corrected chi connectivity index (χ3v) is 4.07. The van der Waals surface area contributed by atoms with Gasteiger partial charge in [-0.15, -0.1) is 0 Å². The van der Waals surface area contributed by atoms with Crippen LogP contribution in [-0.2, 0) is 19.6 Å². The Hall–Kier alpha value is -2.36. The largest absolute Gasteiger partial charge is 0.489 e. The molecule has 3 nitrogen and oxygen atoms in total. The van der Waals surface area contributed by atoms with E-state index in [0.29, 0.717) is 6.61 Å². The van der Waals surface area contributed by atoms with E-state index in [1.165, 1.54) is 11.1 Å². The van der Waals surface area contributed by atoms with Crippen molar-refractivity contribution in [2.45, 2.75) is 19.6 Å². The predicted octanol–water partition coefficient (Wildman–Crippen LogP) is 4.65. The second-order valence-corrected chi connectivity index (χ2v) is 6.29. The fourth-order valence-electron chi connectivity index (χ4n) is 2.55. The Morgan fingerprint density at radius 1 is 0.920 bits per heavy atom. The second-order valence-electron chi connectivity index (χ2n) is 5.85. The van der Waals surface area contributed by atoms with Gasteiger partial charge in [-0.05, 0) is 54.4 Å². The molecule has 0 amide bonds. The third kappa shape index (κ3) is 5.89. The normalized spacial score (nSPS) is 10.6. The third-order valence-electron chi connectivity index (χ3n) is 3.84. The van der Waals surface area contributed by atoms with E-state index in [0.717, 1.165) is 35.8 Å². The highest BCUT2D eigenvalue weighted by molar-refractivity contribution is 6.30. The summed E-state index contributed by atoms with van der Waals surface area (Å²) in [7, 11) is 0. The van der Waals surface area contributed by atoms with E-state index in [4.69, 9.17) is 16.3 Å². The number of pyridine rings is 1. The molecule has 3 aromatic rings. The number of nitrogens with zero attached hydrogens (tertiary/aromatic N) is 1. The number of benzene rings is 2. The minimum atomic E-state index is 0.527. The van der Waals surface area contributed by atoms with E-state index in [1.54, 1.807) is 6.20 Å². The molecule has 0 saturated heterocycles. The predicted molar refractivity (Wildman–Crippen MR) is 102 cm³/mol. The molecule has 0 bridgehead atoms. The summed E-state index contributed by atoms with van der Waals surface area (Å²) in [5.41, 5.74) is 3.51. The van der Waals surface area contributed by atoms with Gasteiger partial charge in [-0.25, -0.2) is 0 Å². The standard InChI is InChI=1S/C21H21ClN2O/c22-20-7-1-4-17(12-20)9-11-24-14-18-5-2-8-21(13-18)25-16-19-6-3-10-23-15-19/h1-8,10,12-13,15,24H,9,11,14,16H2. The molecular formula is C21H21ClN2O. The summed E-state index contributed by atoms with van der Waals surface area (Å²) < 4.78 is 5.84. The molecule has 1 aromatic heterocycles. The first kappa shape index (κ1) is 17.5. The molecule has 0 aliphatic carbocycles. The van der Waals surface area contributed by atoms with Crippen molar-refractivity contribution in [3.63, 3.8) is 0 Å². The Kier molecular flexibility index (Phi) is 6.43. The Morgan fingerprint density at radius 3 is 2.60 bits per heavy atom. The lowest BCUT2D eigenvalue weighted by atomic mass is 10.1. The molecule has 0 fully saturated rings. The van der Waals surface area contributed by atoms with Gasteiger partial charge in [0.1, 0.15) is 12.4 Å². The fraction of sp³-hybridized carbons (Fsp3) is 0.190. The highest BCUT2D eigenvalue weighted by Gasteiger charge is 1.99. The summed E-state index contributed by atoms with van der Waals surface area (Å²) in [6, 6.07) is 20.1. The summed E-state index contributed by atoms with van der Waals surface area (Å²) >= 11 is 6.01. The zero-order chi connectivity index (χ0) is 17.3. The lowest BCUT2D eigenvalue weighted by Crippen LogP contribution is -2.16. The highest BCUT2D eigenvalue weighted by Crippen LogP contribution is 2.15. The maximum absolute atomic E-state index is 6.01. The van der Waals surface area contributed by atoms with Gasteiger partial charge in [0.2, 0.25) is 0 Å². The minimum Gasteiger partial charge on any atom is -0.489 e. The van der Waals surface area contributed by atoms with Crippen LogP contribution in [0.1, 0.15) is 16.7 Å². The van der Waals surface area contributed by atoms with Crippen molar-refractivity contribution in [1.29, 1.82) is 0 Å². The maximum atomic E-state index is 6.01. The van der Waals surface area contributed by atoms with E-state index in [9.17, 15) is 0 Å². The van der Waals surface area contributed by atoms with Crippen LogP contribution in [0.2, 0.25) is 5.02 Å². The van der Waals surface area contributed by atoms with Crippen LogP contribution in [0.4, 0.5) is 0 Å². The molecule has 0 aliphatic heterocycles. The van der Waals surface area contributed by atoms with Crippen LogP contribution in [0.25, 0.3) is 0 Å². The zero-order valence-corrected chi connectivity index (χ0v) is 14.7. The van der Waals surface area contributed by atoms with Gasteiger partial charge < -0.3 is 10.1 Å². The summed E-state index contributed by atoms with van der Waals surface area (Å²) in [6.45, 7) is 2.24. The molecule has 25 heavy (non-hydrogen) atoms. The number of ether oxygens (including phenoxy) is 1. The van der Waals surface area contributed by atoms with Gasteiger partial charge in [0.05, 0.1) is 0 Å². The first-order valence-corrected chi connectivity index (χ1v) is 8.73. The Balaban J connectivity index is 1.45. The van der Waals surface area contributed by atoms with Crippen LogP contribution < -0.4 is 10.1 Å². The van der Waals surface area contributed by atoms with Gasteiger partial charge in [-0.1, -0.05) is 41.9 Å². The smallest absolute Gasteiger partial charge is 0.120 e. The lowest BCUT2D eigenvalue weighted by molar-refractivity contribution is 0.305. The van der Waals surface area contributed by atoms with Crippen molar-refractivity contribution in [3.05, 3.63) is 94.8 Å². The van der Waals surface area contributed by atoms with Crippen molar-refractivity contribution in [2.24, 2.45) is 0 Å². The molecule has 128 valence electrons. The maximum Gasteiger partial charge on any atom is 0.120 e. The number of halogens is 1. The molecular weight excluding hydrogens is 332 g/mol. The van der Waals surface area contributed by atoms with Gasteiger partial charge >= 0.3 is 0 Å². The van der Waals surface area contributed by atoms with E-state index in [1.807, 2.05) is 48.7 Å². The van der Waals surface area contributed by atoms with Crippen LogP contribution in [0.15, 0.2) is 73.1 Å². The number of aromatic nitrogens is 1. The fourth-order valence-corrected chi connectivity index (χ4v) is 2.77. The van der Waals surface area contributed by atoms with Crippen molar-refractivity contribution < 1.29 is 4.74 Å². The van der Waals surface area contributed by atoms with Crippen molar-refractivity contribution in [3.8, 4) is 5.75 Å². The number of hydrogen-bond donors (Lipinski definition) is 1. The molecule has 1 N–H and O–H groups in total. The monoisotopic (exact) mass is 352 g/mol. The average Bonchev–Trinajstić information content (AvgIpc) is 2.65. The molecule has 0 unspecified atom stereocenters. The highest BCUT2D eigenvalue weighted by atomic mass is 35.5. The molecule has 0 spiro atoms. The lowest BCUT2D eigenvalue weighted by Gasteiger charge is -2.09. The molecule has 1 heterocycles. The van der Waals surface area contributed by atoms with Gasteiger partial charge in [0.15, 0.2) is 0 Å². The van der Waals surface area contributed by atoms with Crippen molar-refractivity contribution in [2.75, 3.05) is 6.54 Å². The van der Waals surface area contributed by atoms with Crippen LogP contribution in [-0.4, -0.2) is 11.5 Å². The number of rotatable bonds is 8. The van der Waals surface area contributed by atoms with E-state index < -0.39 is 0 Å². The topological polar surface area (TPSA) is 34.1 Å². The van der Waals surface area contributed by atoms with Crippen LogP contribution in [0.3, 0.4) is 0 Å². The minimum absolute atomic E-state index is 0.527. The molecule has 0 aliphatic rings. The van der Waals surface area contributed by atoms with Crippen molar-refractivity contribution >= 4 is 11.6 Å². The van der Waals surface area contributed by atoms with Gasteiger partial charge in [0.25, 0.3) is 0 Å². The Labute approximate surface area is 153 Å². The molecule has 0 atom stereocenters. The number of hydrogen-bond acceptors (Lipinski definition) is 3. The molecule has 4 heteroatoms. The zero-order valence-electron chi connectivity index (χ0n) is 14.0. The van der Waals surface area contributed by atoms with Gasteiger partial charge in [0, 0.05) is 29.5 Å². The van der Waals surface area contributed by atoms with Crippen LogP contribution >= 0.6 is 11.6 Å². The summed E-state index contributed by atoms with van der Waals surface area (Å²) in [5, 5.41) is 4.25. The first-order valence-electron chi connectivity index (χ1n) is 8.35. The first-order chi connectivity index (χ1) is 12.3. The molecule has 3 rings (SSSR count). The molecule has 0 radical (unpaired) electrons. The second kappa shape index (κ2) is 9.21. The van der Waals surface area contributed by atoms with Crippen LogP contribution in [0, 0.1) is 0 Å². The summed E-state index contributed by atoms with van der Waals surface area (Å²) in [5.74, 6) is 0.873. The van der Waals surface area contributed by atoms with E-state index >= 15 is 0 Å². The average molecular weight is 353 g/mol.